The number of benzene rings is 1. The quantitative estimate of drug-likeness (QED) is 0.837. The van der Waals surface area contributed by atoms with E-state index in [-0.39, 0.29) is 0 Å². The number of carbonyl (C=O) groups is 1. The predicted molar refractivity (Wildman–Crippen MR) is 65.2 cm³/mol. The van der Waals surface area contributed by atoms with E-state index in [1.165, 1.54) is 0 Å². The van der Waals surface area contributed by atoms with Gasteiger partial charge in [0, 0.05) is 24.3 Å². The minimum Gasteiger partial charge on any atom is -0.479 e. The van der Waals surface area contributed by atoms with Crippen molar-refractivity contribution in [2.24, 2.45) is 0 Å². The summed E-state index contributed by atoms with van der Waals surface area (Å²) in [5, 5.41) is 18.7. The monoisotopic (exact) mass is 235 g/mol. The molecule has 1 aromatic rings. The summed E-state index contributed by atoms with van der Waals surface area (Å²) in [4.78, 5) is 13.0. The van der Waals surface area contributed by atoms with Crippen molar-refractivity contribution in [3.63, 3.8) is 0 Å². The summed E-state index contributed by atoms with van der Waals surface area (Å²) >= 11 is 0. The number of nitrogens with zero attached hydrogens (tertiary/aromatic N) is 1. The van der Waals surface area contributed by atoms with Gasteiger partial charge in [-0.2, -0.15) is 0 Å². The molecule has 2 rings (SSSR count). The van der Waals surface area contributed by atoms with Crippen molar-refractivity contribution in [1.82, 2.24) is 0 Å². The topological polar surface area (TPSA) is 60.8 Å². The first-order valence-corrected chi connectivity index (χ1v) is 5.86. The zero-order valence-corrected chi connectivity index (χ0v) is 9.89. The molecule has 0 amide bonds. The van der Waals surface area contributed by atoms with Crippen LogP contribution in [0.3, 0.4) is 0 Å². The van der Waals surface area contributed by atoms with Crippen LogP contribution < -0.4 is 4.90 Å². The number of carboxylic acid groups (broad SMARTS) is 1. The maximum atomic E-state index is 10.9. The van der Waals surface area contributed by atoms with Crippen molar-refractivity contribution in [3.05, 3.63) is 29.3 Å². The molecule has 2 N–H and O–H groups in total. The third-order valence-corrected chi connectivity index (χ3v) is 3.16. The van der Waals surface area contributed by atoms with E-state index in [9.17, 15) is 9.90 Å². The van der Waals surface area contributed by atoms with Gasteiger partial charge in [-0.05, 0) is 25.8 Å². The first kappa shape index (κ1) is 11.9. The van der Waals surface area contributed by atoms with Gasteiger partial charge in [0.05, 0.1) is 0 Å². The van der Waals surface area contributed by atoms with Gasteiger partial charge >= 0.3 is 5.97 Å². The summed E-state index contributed by atoms with van der Waals surface area (Å²) in [6.45, 7) is 3.76. The Hall–Kier alpha value is -1.55. The third kappa shape index (κ3) is 2.42. The molecule has 4 nitrogen and oxygen atoms in total. The van der Waals surface area contributed by atoms with E-state index in [0.29, 0.717) is 5.56 Å². The molecule has 4 heteroatoms. The van der Waals surface area contributed by atoms with Crippen LogP contribution in [0.4, 0.5) is 5.69 Å². The summed E-state index contributed by atoms with van der Waals surface area (Å²) in [5.74, 6) is -1.20. The maximum Gasteiger partial charge on any atom is 0.337 e. The fraction of sp³-hybridized carbons (Fsp3) is 0.462. The minimum atomic E-state index is -1.44. The van der Waals surface area contributed by atoms with Crippen molar-refractivity contribution in [1.29, 1.82) is 0 Å². The Kier molecular flexibility index (Phi) is 3.33. The number of rotatable bonds is 3. The van der Waals surface area contributed by atoms with Gasteiger partial charge in [0.15, 0.2) is 6.10 Å². The summed E-state index contributed by atoms with van der Waals surface area (Å²) in [7, 11) is 0. The number of aliphatic hydroxyl groups is 1. The molecule has 0 radical (unpaired) electrons. The molecule has 0 aliphatic carbocycles. The molecule has 92 valence electrons. The first-order chi connectivity index (χ1) is 8.09. The Labute approximate surface area is 100 Å². The molecule has 1 aliphatic rings. The number of hydrogen-bond acceptors (Lipinski definition) is 3. The van der Waals surface area contributed by atoms with Crippen LogP contribution in [-0.2, 0) is 4.79 Å². The second-order valence-corrected chi connectivity index (χ2v) is 4.50. The molecule has 1 aliphatic heterocycles. The van der Waals surface area contributed by atoms with Gasteiger partial charge in [-0.15, -0.1) is 0 Å². The highest BCUT2D eigenvalue weighted by Gasteiger charge is 2.23. The molecule has 0 bridgehead atoms. The van der Waals surface area contributed by atoms with E-state index in [4.69, 9.17) is 5.11 Å². The number of anilines is 1. The van der Waals surface area contributed by atoms with E-state index in [2.05, 4.69) is 4.90 Å². The average molecular weight is 235 g/mol. The molecule has 1 heterocycles. The first-order valence-electron chi connectivity index (χ1n) is 5.86. The molecule has 0 aromatic heterocycles. The van der Waals surface area contributed by atoms with E-state index in [1.807, 2.05) is 19.1 Å². The fourth-order valence-electron chi connectivity index (χ4n) is 2.27. The van der Waals surface area contributed by atoms with Crippen molar-refractivity contribution < 1.29 is 15.0 Å². The molecule has 1 aromatic carbocycles. The average Bonchev–Trinajstić information content (AvgIpc) is 2.81. The van der Waals surface area contributed by atoms with Gasteiger partial charge < -0.3 is 15.1 Å². The van der Waals surface area contributed by atoms with Crippen molar-refractivity contribution in [2.45, 2.75) is 25.9 Å². The molecule has 0 saturated carbocycles. The van der Waals surface area contributed by atoms with Gasteiger partial charge in [-0.3, -0.25) is 0 Å². The minimum absolute atomic E-state index is 0.499. The van der Waals surface area contributed by atoms with Crippen LogP contribution in [0, 0.1) is 6.92 Å². The highest BCUT2D eigenvalue weighted by Crippen LogP contribution is 2.30. The maximum absolute atomic E-state index is 10.9. The van der Waals surface area contributed by atoms with E-state index in [0.717, 1.165) is 37.2 Å². The lowest BCUT2D eigenvalue weighted by molar-refractivity contribution is -0.146. The van der Waals surface area contributed by atoms with Gasteiger partial charge in [-0.25, -0.2) is 4.79 Å². The number of aryl methyl sites for hydroxylation is 1. The Bertz CT molecular complexity index is 425. The van der Waals surface area contributed by atoms with Crippen LogP contribution in [0.1, 0.15) is 30.1 Å². The smallest absolute Gasteiger partial charge is 0.337 e. The molecular formula is C13H17NO3. The number of aliphatic hydroxyl groups excluding tert-OH is 1. The number of aliphatic carboxylic acids is 1. The second-order valence-electron chi connectivity index (χ2n) is 4.50. The summed E-state index contributed by atoms with van der Waals surface area (Å²) < 4.78 is 0. The van der Waals surface area contributed by atoms with E-state index >= 15 is 0 Å². The zero-order valence-electron chi connectivity index (χ0n) is 9.89. The molecule has 0 spiro atoms. The SMILES string of the molecule is Cc1ccc(N2CCCC2)c(C(O)C(=O)O)c1. The van der Waals surface area contributed by atoms with Gasteiger partial charge in [0.1, 0.15) is 0 Å². The summed E-state index contributed by atoms with van der Waals surface area (Å²) in [5.41, 5.74) is 2.31. The van der Waals surface area contributed by atoms with Gasteiger partial charge in [0.2, 0.25) is 0 Å². The van der Waals surface area contributed by atoms with Crippen LogP contribution in [0.15, 0.2) is 18.2 Å². The normalized spacial score (nSPS) is 17.2. The van der Waals surface area contributed by atoms with Crippen LogP contribution in [0.25, 0.3) is 0 Å². The summed E-state index contributed by atoms with van der Waals surface area (Å²) in [6, 6.07) is 5.61. The lowest BCUT2D eigenvalue weighted by Crippen LogP contribution is -2.22. The van der Waals surface area contributed by atoms with Crippen molar-refractivity contribution in [2.75, 3.05) is 18.0 Å². The number of hydrogen-bond donors (Lipinski definition) is 2. The van der Waals surface area contributed by atoms with Crippen LogP contribution >= 0.6 is 0 Å². The Morgan fingerprint density at radius 3 is 2.59 bits per heavy atom. The zero-order chi connectivity index (χ0) is 12.4. The van der Waals surface area contributed by atoms with E-state index in [1.54, 1.807) is 6.07 Å². The second kappa shape index (κ2) is 4.75. The van der Waals surface area contributed by atoms with Crippen molar-refractivity contribution >= 4 is 11.7 Å². The molecule has 17 heavy (non-hydrogen) atoms. The Balaban J connectivity index is 2.39. The molecule has 1 fully saturated rings. The van der Waals surface area contributed by atoms with Crippen LogP contribution in [-0.4, -0.2) is 29.3 Å². The Morgan fingerprint density at radius 2 is 2.00 bits per heavy atom. The highest BCUT2D eigenvalue weighted by molar-refractivity contribution is 5.77. The Morgan fingerprint density at radius 1 is 1.35 bits per heavy atom. The predicted octanol–water partition coefficient (Wildman–Crippen LogP) is 1.71. The van der Waals surface area contributed by atoms with Crippen LogP contribution in [0.2, 0.25) is 0 Å². The van der Waals surface area contributed by atoms with Crippen molar-refractivity contribution in [3.8, 4) is 0 Å². The highest BCUT2D eigenvalue weighted by atomic mass is 16.4. The molecular weight excluding hydrogens is 218 g/mol. The largest absolute Gasteiger partial charge is 0.479 e. The molecule has 1 saturated heterocycles. The van der Waals surface area contributed by atoms with E-state index < -0.39 is 12.1 Å². The van der Waals surface area contributed by atoms with Crippen LogP contribution in [0.5, 0.6) is 0 Å². The van der Waals surface area contributed by atoms with Gasteiger partial charge in [0.25, 0.3) is 0 Å². The molecule has 1 unspecified atom stereocenters. The number of carboxylic acids is 1. The standard InChI is InChI=1S/C13H17NO3/c1-9-4-5-11(14-6-2-3-7-14)10(8-9)12(15)13(16)17/h4-5,8,12,15H,2-3,6-7H2,1H3,(H,16,17). The van der Waals surface area contributed by atoms with Gasteiger partial charge in [-0.1, -0.05) is 17.7 Å². The third-order valence-electron chi connectivity index (χ3n) is 3.16. The summed E-state index contributed by atoms with van der Waals surface area (Å²) in [6.07, 6.45) is 0.804. The lowest BCUT2D eigenvalue weighted by atomic mass is 10.0. The fourth-order valence-corrected chi connectivity index (χ4v) is 2.27. The molecule has 1 atom stereocenters. The lowest BCUT2D eigenvalue weighted by Gasteiger charge is -2.23.